The van der Waals surface area contributed by atoms with Gasteiger partial charge in [0.2, 0.25) is 0 Å². The Balaban J connectivity index is 1.61. The molecule has 0 unspecified atom stereocenters. The topological polar surface area (TPSA) is 48.0 Å². The summed E-state index contributed by atoms with van der Waals surface area (Å²) < 4.78 is 17.3. The number of halogens is 2. The van der Waals surface area contributed by atoms with Crippen molar-refractivity contribution in [2.75, 3.05) is 20.2 Å². The molecule has 1 aliphatic heterocycles. The van der Waals surface area contributed by atoms with Crippen molar-refractivity contribution >= 4 is 29.3 Å². The standard InChI is InChI=1S/C25H31Cl2NO4/c1-25(2,3)32-24(29)28-12-10-18(11-13-28)23(30-4)19-7-5-6-17(14-19)16-31-22-9-8-20(26)15-21(22)27/h5-9,14-15,18,23H,10-13,16H2,1-4H3/t23-/m1/s1. The molecule has 2 aromatic carbocycles. The zero-order chi connectivity index (χ0) is 23.3. The van der Waals surface area contributed by atoms with E-state index < -0.39 is 5.60 Å². The van der Waals surface area contributed by atoms with E-state index in [1.165, 1.54) is 0 Å². The lowest BCUT2D eigenvalue weighted by Crippen LogP contribution is -2.42. The van der Waals surface area contributed by atoms with E-state index in [0.717, 1.165) is 24.0 Å². The highest BCUT2D eigenvalue weighted by atomic mass is 35.5. The molecule has 0 aromatic heterocycles. The summed E-state index contributed by atoms with van der Waals surface area (Å²) in [4.78, 5) is 14.1. The van der Waals surface area contributed by atoms with Crippen molar-refractivity contribution in [2.45, 2.75) is 51.9 Å². The number of benzene rings is 2. The van der Waals surface area contributed by atoms with Crippen LogP contribution in [-0.2, 0) is 16.1 Å². The molecule has 0 saturated carbocycles. The van der Waals surface area contributed by atoms with Crippen molar-refractivity contribution in [2.24, 2.45) is 5.92 Å². The molecule has 1 amide bonds. The number of carbonyl (C=O) groups excluding carboxylic acids is 1. The first-order valence-electron chi connectivity index (χ1n) is 10.8. The average Bonchev–Trinajstić information content (AvgIpc) is 2.73. The van der Waals surface area contributed by atoms with Gasteiger partial charge in [-0.25, -0.2) is 4.79 Å². The van der Waals surface area contributed by atoms with Gasteiger partial charge in [-0.2, -0.15) is 0 Å². The number of amides is 1. The number of likely N-dealkylation sites (tertiary alicyclic amines) is 1. The Morgan fingerprint density at radius 1 is 1.12 bits per heavy atom. The number of hydrogen-bond donors (Lipinski definition) is 0. The summed E-state index contributed by atoms with van der Waals surface area (Å²) in [5.74, 6) is 0.917. The second-order valence-corrected chi connectivity index (χ2v) is 9.91. The zero-order valence-corrected chi connectivity index (χ0v) is 20.6. The van der Waals surface area contributed by atoms with Crippen LogP contribution < -0.4 is 4.74 Å². The minimum Gasteiger partial charge on any atom is -0.487 e. The SMILES string of the molecule is CO[C@@H](c1cccc(COc2ccc(Cl)cc2Cl)c1)C1CCN(C(=O)OC(C)(C)C)CC1. The van der Waals surface area contributed by atoms with E-state index in [-0.39, 0.29) is 12.2 Å². The van der Waals surface area contributed by atoms with Gasteiger partial charge in [0.15, 0.2) is 0 Å². The molecule has 3 rings (SSSR count). The van der Waals surface area contributed by atoms with Gasteiger partial charge in [0.1, 0.15) is 18.0 Å². The number of methoxy groups -OCH3 is 1. The van der Waals surface area contributed by atoms with Crippen molar-refractivity contribution in [1.82, 2.24) is 4.90 Å². The molecule has 0 bridgehead atoms. The van der Waals surface area contributed by atoms with E-state index in [1.807, 2.05) is 32.9 Å². The van der Waals surface area contributed by atoms with Gasteiger partial charge >= 0.3 is 6.09 Å². The van der Waals surface area contributed by atoms with Crippen LogP contribution in [0.2, 0.25) is 10.0 Å². The maximum absolute atomic E-state index is 12.3. The maximum atomic E-state index is 12.3. The molecule has 7 heteroatoms. The van der Waals surface area contributed by atoms with Crippen molar-refractivity contribution in [3.63, 3.8) is 0 Å². The zero-order valence-electron chi connectivity index (χ0n) is 19.1. The third-order valence-corrected chi connectivity index (χ3v) is 5.97. The Morgan fingerprint density at radius 2 is 1.84 bits per heavy atom. The molecule has 0 aliphatic carbocycles. The first kappa shape index (κ1) is 24.7. The Bertz CT molecular complexity index is 920. The van der Waals surface area contributed by atoms with Gasteiger partial charge in [0.05, 0.1) is 11.1 Å². The third kappa shape index (κ3) is 6.77. The summed E-state index contributed by atoms with van der Waals surface area (Å²) in [6.45, 7) is 7.37. The predicted octanol–water partition coefficient (Wildman–Crippen LogP) is 6.91. The second kappa shape index (κ2) is 10.8. The van der Waals surface area contributed by atoms with Gasteiger partial charge in [-0.15, -0.1) is 0 Å². The van der Waals surface area contributed by atoms with Crippen molar-refractivity contribution in [1.29, 1.82) is 0 Å². The molecule has 0 radical (unpaired) electrons. The van der Waals surface area contributed by atoms with Crippen LogP contribution in [0.1, 0.15) is 50.8 Å². The first-order valence-corrected chi connectivity index (χ1v) is 11.6. The van der Waals surface area contributed by atoms with E-state index in [9.17, 15) is 4.79 Å². The van der Waals surface area contributed by atoms with E-state index >= 15 is 0 Å². The molecule has 1 fully saturated rings. The Kier molecular flexibility index (Phi) is 8.32. The number of ether oxygens (including phenoxy) is 3. The lowest BCUT2D eigenvalue weighted by atomic mass is 9.87. The van der Waals surface area contributed by atoms with E-state index in [0.29, 0.717) is 41.4 Å². The third-order valence-electron chi connectivity index (χ3n) is 5.44. The highest BCUT2D eigenvalue weighted by molar-refractivity contribution is 6.35. The maximum Gasteiger partial charge on any atom is 0.410 e. The molecular formula is C25H31Cl2NO4. The summed E-state index contributed by atoms with van der Waals surface area (Å²) >= 11 is 12.2. The summed E-state index contributed by atoms with van der Waals surface area (Å²) in [7, 11) is 1.74. The van der Waals surface area contributed by atoms with E-state index in [4.69, 9.17) is 37.4 Å². The predicted molar refractivity (Wildman–Crippen MR) is 128 cm³/mol. The van der Waals surface area contributed by atoms with Crippen LogP contribution >= 0.6 is 23.2 Å². The molecule has 32 heavy (non-hydrogen) atoms. The lowest BCUT2D eigenvalue weighted by Gasteiger charge is -2.36. The minimum atomic E-state index is -0.484. The molecule has 0 N–H and O–H groups in total. The molecule has 1 saturated heterocycles. The molecule has 174 valence electrons. The molecule has 1 atom stereocenters. The van der Waals surface area contributed by atoms with Crippen molar-refractivity contribution in [3.8, 4) is 5.75 Å². The Labute approximate surface area is 200 Å². The molecule has 1 aliphatic rings. The molecule has 0 spiro atoms. The largest absolute Gasteiger partial charge is 0.487 e. The summed E-state index contributed by atoms with van der Waals surface area (Å²) in [6, 6.07) is 13.4. The van der Waals surface area contributed by atoms with Crippen molar-refractivity contribution in [3.05, 3.63) is 63.6 Å². The van der Waals surface area contributed by atoms with Crippen LogP contribution in [0.4, 0.5) is 4.79 Å². The number of piperidine rings is 1. The highest BCUT2D eigenvalue weighted by Gasteiger charge is 2.31. The van der Waals surface area contributed by atoms with Crippen molar-refractivity contribution < 1.29 is 19.0 Å². The van der Waals surface area contributed by atoms with Crippen LogP contribution in [0.3, 0.4) is 0 Å². The fourth-order valence-corrected chi connectivity index (χ4v) is 4.39. The van der Waals surface area contributed by atoms with Gasteiger partial charge in [0.25, 0.3) is 0 Å². The second-order valence-electron chi connectivity index (χ2n) is 9.07. The van der Waals surface area contributed by atoms with Gasteiger partial charge in [-0.1, -0.05) is 41.4 Å². The molecule has 5 nitrogen and oxygen atoms in total. The number of nitrogens with zero attached hydrogens (tertiary/aromatic N) is 1. The highest BCUT2D eigenvalue weighted by Crippen LogP contribution is 2.34. The molecule has 2 aromatic rings. The van der Waals surface area contributed by atoms with Crippen LogP contribution in [0.15, 0.2) is 42.5 Å². The minimum absolute atomic E-state index is 0.0464. The normalized spacial score (nSPS) is 16.0. The Hall–Kier alpha value is -1.95. The molecular weight excluding hydrogens is 449 g/mol. The van der Waals surface area contributed by atoms with Crippen LogP contribution in [-0.4, -0.2) is 36.8 Å². The summed E-state index contributed by atoms with van der Waals surface area (Å²) in [6.07, 6.45) is 1.43. The fraction of sp³-hybridized carbons (Fsp3) is 0.480. The smallest absolute Gasteiger partial charge is 0.410 e. The van der Waals surface area contributed by atoms with Crippen LogP contribution in [0, 0.1) is 5.92 Å². The van der Waals surface area contributed by atoms with Crippen LogP contribution in [0.25, 0.3) is 0 Å². The Morgan fingerprint density at radius 3 is 2.47 bits per heavy atom. The quantitative estimate of drug-likeness (QED) is 0.451. The average molecular weight is 480 g/mol. The van der Waals surface area contributed by atoms with Gasteiger partial charge in [0, 0.05) is 25.2 Å². The van der Waals surface area contributed by atoms with Gasteiger partial charge in [-0.05, 0) is 74.9 Å². The number of rotatable bonds is 6. The monoisotopic (exact) mass is 479 g/mol. The van der Waals surface area contributed by atoms with E-state index in [2.05, 4.69) is 12.1 Å². The molecule has 1 heterocycles. The lowest BCUT2D eigenvalue weighted by molar-refractivity contribution is -0.00234. The van der Waals surface area contributed by atoms with Gasteiger partial charge in [-0.3, -0.25) is 0 Å². The first-order chi connectivity index (χ1) is 15.2. The summed E-state index contributed by atoms with van der Waals surface area (Å²) in [5, 5.41) is 1.06. The summed E-state index contributed by atoms with van der Waals surface area (Å²) in [5.41, 5.74) is 1.65. The fourth-order valence-electron chi connectivity index (χ4n) is 3.93. The van der Waals surface area contributed by atoms with E-state index in [1.54, 1.807) is 30.2 Å². The van der Waals surface area contributed by atoms with Crippen LogP contribution in [0.5, 0.6) is 5.75 Å². The number of carbonyl (C=O) groups is 1. The van der Waals surface area contributed by atoms with Gasteiger partial charge < -0.3 is 19.1 Å². The number of hydrogen-bond acceptors (Lipinski definition) is 4.